The number of thiophene rings is 1. The number of nitrogens with zero attached hydrogens (tertiary/aromatic N) is 5. The number of hydrogen-bond donors (Lipinski definition) is 0. The van der Waals surface area contributed by atoms with Gasteiger partial charge in [-0.3, -0.25) is 14.4 Å². The molecule has 0 spiro atoms. The average Bonchev–Trinajstić information content (AvgIpc) is 3.11. The summed E-state index contributed by atoms with van der Waals surface area (Å²) >= 11 is 1.35. The van der Waals surface area contributed by atoms with Crippen LogP contribution >= 0.6 is 11.3 Å². The first-order valence-corrected chi connectivity index (χ1v) is 8.52. The van der Waals surface area contributed by atoms with Crippen molar-refractivity contribution in [2.24, 2.45) is 7.05 Å². The van der Waals surface area contributed by atoms with Gasteiger partial charge >= 0.3 is 0 Å². The molecule has 1 fully saturated rings. The average molecular weight is 329 g/mol. The van der Waals surface area contributed by atoms with Crippen LogP contribution in [0, 0.1) is 11.3 Å². The fraction of sp³-hybridized carbons (Fsp3) is 0.438. The number of carbonyl (C=O) groups is 1. The Morgan fingerprint density at radius 1 is 1.39 bits per heavy atom. The number of nitriles is 1. The van der Waals surface area contributed by atoms with E-state index in [2.05, 4.69) is 16.1 Å². The zero-order valence-corrected chi connectivity index (χ0v) is 13.9. The fourth-order valence-corrected chi connectivity index (χ4v) is 3.66. The summed E-state index contributed by atoms with van der Waals surface area (Å²) in [4.78, 5) is 17.4. The van der Waals surface area contributed by atoms with E-state index in [1.54, 1.807) is 11.4 Å². The van der Waals surface area contributed by atoms with Crippen LogP contribution in [0.2, 0.25) is 0 Å². The van der Waals surface area contributed by atoms with Crippen molar-refractivity contribution in [2.75, 3.05) is 26.2 Å². The van der Waals surface area contributed by atoms with Gasteiger partial charge in [-0.15, -0.1) is 11.3 Å². The van der Waals surface area contributed by atoms with E-state index in [-0.39, 0.29) is 5.91 Å². The highest BCUT2D eigenvalue weighted by Crippen LogP contribution is 2.19. The highest BCUT2D eigenvalue weighted by Gasteiger charge is 2.23. The van der Waals surface area contributed by atoms with Gasteiger partial charge in [-0.1, -0.05) is 0 Å². The lowest BCUT2D eigenvalue weighted by Gasteiger charge is -2.21. The summed E-state index contributed by atoms with van der Waals surface area (Å²) in [5.41, 5.74) is 1.67. The van der Waals surface area contributed by atoms with Crippen LogP contribution in [0.4, 0.5) is 0 Å². The lowest BCUT2D eigenvalue weighted by atomic mass is 10.2. The molecule has 3 heterocycles. The number of aryl methyl sites for hydroxylation is 1. The molecule has 2 aromatic heterocycles. The lowest BCUT2D eigenvalue weighted by molar-refractivity contribution is 0.0765. The first-order chi connectivity index (χ1) is 11.2. The third-order valence-corrected chi connectivity index (χ3v) is 4.92. The molecule has 0 N–H and O–H groups in total. The Balaban J connectivity index is 1.62. The van der Waals surface area contributed by atoms with E-state index < -0.39 is 0 Å². The van der Waals surface area contributed by atoms with Gasteiger partial charge in [0.25, 0.3) is 5.91 Å². The maximum Gasteiger partial charge on any atom is 0.265 e. The second kappa shape index (κ2) is 6.94. The zero-order chi connectivity index (χ0) is 16.2. The molecule has 0 aliphatic carbocycles. The minimum atomic E-state index is -0.0141. The normalized spacial score (nSPS) is 16.1. The molecular formula is C16H19N5OS. The summed E-state index contributed by atoms with van der Waals surface area (Å²) in [6.07, 6.45) is 4.86. The maximum atomic E-state index is 12.6. The summed E-state index contributed by atoms with van der Waals surface area (Å²) in [6, 6.07) is 3.81. The summed E-state index contributed by atoms with van der Waals surface area (Å²) in [6.45, 7) is 4.10. The van der Waals surface area contributed by atoms with Crippen LogP contribution < -0.4 is 0 Å². The van der Waals surface area contributed by atoms with Gasteiger partial charge in [-0.2, -0.15) is 10.4 Å². The van der Waals surface area contributed by atoms with Gasteiger partial charge in [-0.25, -0.2) is 0 Å². The molecule has 3 rings (SSSR count). The molecule has 0 atom stereocenters. The highest BCUT2D eigenvalue weighted by molar-refractivity contribution is 7.12. The standard InChI is InChI=1S/C16H19N5OS/c1-19-11-13(10-18-19)12-20-4-2-5-21(7-6-20)16(22)15-14(9-17)3-8-23-15/h3,8,10-11H,2,4-7,12H2,1H3. The quantitative estimate of drug-likeness (QED) is 0.860. The molecule has 1 saturated heterocycles. The fourth-order valence-electron chi connectivity index (χ4n) is 2.85. The third-order valence-electron chi connectivity index (χ3n) is 4.02. The topological polar surface area (TPSA) is 65.2 Å². The van der Waals surface area contributed by atoms with Gasteiger partial charge in [0, 0.05) is 51.5 Å². The molecule has 0 saturated carbocycles. The molecule has 6 nitrogen and oxygen atoms in total. The summed E-state index contributed by atoms with van der Waals surface area (Å²) < 4.78 is 1.81. The SMILES string of the molecule is Cn1cc(CN2CCCN(C(=O)c3sccc3C#N)CC2)cn1. The predicted molar refractivity (Wildman–Crippen MR) is 88.0 cm³/mol. The van der Waals surface area contributed by atoms with Crippen LogP contribution in [0.15, 0.2) is 23.8 Å². The molecule has 1 aliphatic rings. The lowest BCUT2D eigenvalue weighted by Crippen LogP contribution is -2.35. The molecular weight excluding hydrogens is 310 g/mol. The van der Waals surface area contributed by atoms with Crippen LogP contribution in [0.5, 0.6) is 0 Å². The Hall–Kier alpha value is -2.17. The molecule has 7 heteroatoms. The Kier molecular flexibility index (Phi) is 4.74. The van der Waals surface area contributed by atoms with Crippen molar-refractivity contribution < 1.29 is 4.79 Å². The first-order valence-electron chi connectivity index (χ1n) is 7.64. The molecule has 0 bridgehead atoms. The second-order valence-corrected chi connectivity index (χ2v) is 6.64. The number of amides is 1. The minimum absolute atomic E-state index is 0.0141. The predicted octanol–water partition coefficient (Wildman–Crippen LogP) is 1.70. The van der Waals surface area contributed by atoms with Gasteiger partial charge in [0.05, 0.1) is 11.8 Å². The van der Waals surface area contributed by atoms with Gasteiger partial charge in [0.1, 0.15) is 10.9 Å². The van der Waals surface area contributed by atoms with Crippen LogP contribution in [0.1, 0.15) is 27.2 Å². The van der Waals surface area contributed by atoms with E-state index in [1.807, 2.05) is 29.0 Å². The van der Waals surface area contributed by atoms with Gasteiger partial charge in [-0.05, 0) is 17.9 Å². The Morgan fingerprint density at radius 3 is 3.00 bits per heavy atom. The molecule has 120 valence electrons. The van der Waals surface area contributed by atoms with Crippen molar-refractivity contribution in [1.29, 1.82) is 5.26 Å². The molecule has 1 amide bonds. The summed E-state index contributed by atoms with van der Waals surface area (Å²) in [5, 5.41) is 15.1. The molecule has 2 aromatic rings. The van der Waals surface area contributed by atoms with Crippen molar-refractivity contribution in [3.05, 3.63) is 39.8 Å². The number of carbonyl (C=O) groups excluding carboxylic acids is 1. The molecule has 1 aliphatic heterocycles. The van der Waals surface area contributed by atoms with E-state index in [0.717, 1.165) is 32.6 Å². The summed E-state index contributed by atoms with van der Waals surface area (Å²) in [5.74, 6) is -0.0141. The van der Waals surface area contributed by atoms with Crippen molar-refractivity contribution >= 4 is 17.2 Å². The van der Waals surface area contributed by atoms with E-state index in [9.17, 15) is 4.79 Å². The Morgan fingerprint density at radius 2 is 2.26 bits per heavy atom. The number of aromatic nitrogens is 2. The smallest absolute Gasteiger partial charge is 0.265 e. The maximum absolute atomic E-state index is 12.6. The Labute approximate surface area is 139 Å². The van der Waals surface area contributed by atoms with Crippen LogP contribution in [0.25, 0.3) is 0 Å². The minimum Gasteiger partial charge on any atom is -0.337 e. The van der Waals surface area contributed by atoms with E-state index in [0.29, 0.717) is 17.0 Å². The van der Waals surface area contributed by atoms with Crippen LogP contribution in [-0.4, -0.2) is 51.7 Å². The second-order valence-electron chi connectivity index (χ2n) is 5.72. The monoisotopic (exact) mass is 329 g/mol. The first kappa shape index (κ1) is 15.7. The van der Waals surface area contributed by atoms with Crippen molar-refractivity contribution in [3.8, 4) is 6.07 Å². The van der Waals surface area contributed by atoms with Gasteiger partial charge in [0.2, 0.25) is 0 Å². The van der Waals surface area contributed by atoms with Gasteiger partial charge < -0.3 is 4.90 Å². The molecule has 0 unspecified atom stereocenters. The van der Waals surface area contributed by atoms with Gasteiger partial charge in [0.15, 0.2) is 0 Å². The van der Waals surface area contributed by atoms with Crippen LogP contribution in [-0.2, 0) is 13.6 Å². The molecule has 0 radical (unpaired) electrons. The van der Waals surface area contributed by atoms with Crippen molar-refractivity contribution in [1.82, 2.24) is 19.6 Å². The van der Waals surface area contributed by atoms with Crippen LogP contribution in [0.3, 0.4) is 0 Å². The third kappa shape index (κ3) is 3.60. The Bertz CT molecular complexity index is 729. The molecule has 23 heavy (non-hydrogen) atoms. The number of hydrogen-bond acceptors (Lipinski definition) is 5. The van der Waals surface area contributed by atoms with E-state index in [4.69, 9.17) is 5.26 Å². The van der Waals surface area contributed by atoms with Crippen molar-refractivity contribution in [3.63, 3.8) is 0 Å². The summed E-state index contributed by atoms with van der Waals surface area (Å²) in [7, 11) is 1.92. The highest BCUT2D eigenvalue weighted by atomic mass is 32.1. The van der Waals surface area contributed by atoms with Crippen molar-refractivity contribution in [2.45, 2.75) is 13.0 Å². The number of rotatable bonds is 3. The largest absolute Gasteiger partial charge is 0.337 e. The molecule has 0 aromatic carbocycles. The van der Waals surface area contributed by atoms with E-state index >= 15 is 0 Å². The van der Waals surface area contributed by atoms with E-state index in [1.165, 1.54) is 16.9 Å². The zero-order valence-electron chi connectivity index (χ0n) is 13.1.